The van der Waals surface area contributed by atoms with Crippen LogP contribution in [0.1, 0.15) is 16.1 Å². The van der Waals surface area contributed by atoms with Crippen molar-refractivity contribution in [3.8, 4) is 17.1 Å². The summed E-state index contributed by atoms with van der Waals surface area (Å²) in [5.74, 6) is 1.88. The fourth-order valence-corrected chi connectivity index (χ4v) is 3.45. The van der Waals surface area contributed by atoms with Crippen LogP contribution in [0, 0.1) is 5.82 Å². The highest BCUT2D eigenvalue weighted by atomic mass is 19.1. The Labute approximate surface area is 188 Å². The Morgan fingerprint density at radius 1 is 0.970 bits per heavy atom. The van der Waals surface area contributed by atoms with Gasteiger partial charge in [-0.05, 0) is 72.3 Å². The van der Waals surface area contributed by atoms with Crippen LogP contribution in [0.15, 0.2) is 89.6 Å². The van der Waals surface area contributed by atoms with E-state index in [2.05, 4.69) is 15.3 Å². The average Bonchev–Trinajstić information content (AvgIpc) is 3.33. The number of rotatable bonds is 7. The van der Waals surface area contributed by atoms with Gasteiger partial charge in [0.15, 0.2) is 12.0 Å². The van der Waals surface area contributed by atoms with Crippen molar-refractivity contribution >= 4 is 28.7 Å². The molecule has 0 amide bonds. The quantitative estimate of drug-likeness (QED) is 0.306. The fraction of sp³-hybridized carbons (Fsp3) is 0.0385. The number of nitrogens with one attached hydrogen (secondary N) is 1. The summed E-state index contributed by atoms with van der Waals surface area (Å²) >= 11 is 0. The highest BCUT2D eigenvalue weighted by Crippen LogP contribution is 2.30. The lowest BCUT2D eigenvalue weighted by molar-refractivity contribution is 0.110. The number of hydrogen-bond acceptors (Lipinski definition) is 6. The molecule has 0 aliphatic carbocycles. The fourth-order valence-electron chi connectivity index (χ4n) is 3.45. The zero-order chi connectivity index (χ0) is 22.6. The van der Waals surface area contributed by atoms with Gasteiger partial charge in [-0.1, -0.05) is 12.1 Å². The molecule has 2 aromatic heterocycles. The summed E-state index contributed by atoms with van der Waals surface area (Å²) in [6, 6.07) is 22.8. The molecule has 162 valence electrons. The molecule has 0 saturated carbocycles. The van der Waals surface area contributed by atoms with E-state index < -0.39 is 0 Å². The monoisotopic (exact) mass is 439 g/mol. The minimum absolute atomic E-state index is 0.271. The van der Waals surface area contributed by atoms with Crippen LogP contribution in [-0.4, -0.2) is 16.3 Å². The van der Waals surface area contributed by atoms with E-state index in [1.165, 1.54) is 18.5 Å². The smallest absolute Gasteiger partial charge is 0.185 e. The molecular formula is C26H18FN3O3. The minimum Gasteiger partial charge on any atom is -0.489 e. The van der Waals surface area contributed by atoms with Crippen molar-refractivity contribution in [2.75, 3.05) is 5.32 Å². The van der Waals surface area contributed by atoms with Crippen LogP contribution in [0.3, 0.4) is 0 Å². The number of carbonyl (C=O) groups is 1. The predicted molar refractivity (Wildman–Crippen MR) is 123 cm³/mol. The molecule has 1 N–H and O–H groups in total. The second-order valence-corrected chi connectivity index (χ2v) is 7.34. The first-order chi connectivity index (χ1) is 16.2. The van der Waals surface area contributed by atoms with E-state index in [0.29, 0.717) is 23.6 Å². The summed E-state index contributed by atoms with van der Waals surface area (Å²) in [5.41, 5.74) is 3.17. The molecule has 0 spiro atoms. The number of anilines is 2. The summed E-state index contributed by atoms with van der Waals surface area (Å²) < 4.78 is 24.6. The van der Waals surface area contributed by atoms with E-state index >= 15 is 0 Å². The number of nitrogens with zero attached hydrogens (tertiary/aromatic N) is 2. The molecule has 0 aliphatic heterocycles. The number of hydrogen-bond donors (Lipinski definition) is 1. The van der Waals surface area contributed by atoms with Crippen LogP contribution in [0.4, 0.5) is 15.9 Å². The SMILES string of the molecule is O=Cc1ccc(-c2ccc3ncnc(Nc4ccc(OCc5cccc(F)c5)cc4)c3c2)o1. The number of halogens is 1. The van der Waals surface area contributed by atoms with E-state index in [9.17, 15) is 9.18 Å². The van der Waals surface area contributed by atoms with Crippen LogP contribution >= 0.6 is 0 Å². The van der Waals surface area contributed by atoms with Crippen molar-refractivity contribution in [1.82, 2.24) is 9.97 Å². The number of ether oxygens (including phenoxy) is 1. The second-order valence-electron chi connectivity index (χ2n) is 7.34. The number of furan rings is 1. The molecular weight excluding hydrogens is 421 g/mol. The maximum Gasteiger partial charge on any atom is 0.185 e. The van der Waals surface area contributed by atoms with Crippen molar-refractivity contribution in [1.29, 1.82) is 0 Å². The number of benzene rings is 3. The van der Waals surface area contributed by atoms with Crippen molar-refractivity contribution < 1.29 is 18.3 Å². The molecule has 5 aromatic rings. The molecule has 0 radical (unpaired) electrons. The van der Waals surface area contributed by atoms with Gasteiger partial charge in [-0.2, -0.15) is 0 Å². The average molecular weight is 439 g/mol. The standard InChI is InChI=1S/C26H18FN3O3/c27-19-3-1-2-17(12-19)15-32-21-7-5-20(6-8-21)30-26-23-13-18(4-10-24(23)28-16-29-26)25-11-9-22(14-31)33-25/h1-14,16H,15H2,(H,28,29,30). The zero-order valence-electron chi connectivity index (χ0n) is 17.4. The molecule has 0 atom stereocenters. The lowest BCUT2D eigenvalue weighted by Crippen LogP contribution is -1.98. The van der Waals surface area contributed by atoms with Crippen molar-refractivity contribution in [2.24, 2.45) is 0 Å². The summed E-state index contributed by atoms with van der Waals surface area (Å²) in [6.45, 7) is 0.280. The third-order valence-corrected chi connectivity index (χ3v) is 5.07. The number of aromatic nitrogens is 2. The maximum absolute atomic E-state index is 13.3. The van der Waals surface area contributed by atoms with Crippen LogP contribution < -0.4 is 10.1 Å². The van der Waals surface area contributed by atoms with Crippen molar-refractivity contribution in [2.45, 2.75) is 6.61 Å². The van der Waals surface area contributed by atoms with Crippen molar-refractivity contribution in [3.63, 3.8) is 0 Å². The predicted octanol–water partition coefficient (Wildman–Crippen LogP) is 6.16. The van der Waals surface area contributed by atoms with E-state index in [0.717, 1.165) is 27.7 Å². The third-order valence-electron chi connectivity index (χ3n) is 5.07. The van der Waals surface area contributed by atoms with Crippen molar-refractivity contribution in [3.05, 3.63) is 102 Å². The second kappa shape index (κ2) is 8.92. The van der Waals surface area contributed by atoms with Gasteiger partial charge in [-0.25, -0.2) is 14.4 Å². The normalized spacial score (nSPS) is 10.8. The van der Waals surface area contributed by atoms with Crippen LogP contribution in [0.5, 0.6) is 5.75 Å². The summed E-state index contributed by atoms with van der Waals surface area (Å²) in [6.07, 6.45) is 2.17. The molecule has 0 unspecified atom stereocenters. The van der Waals surface area contributed by atoms with Gasteiger partial charge in [0.1, 0.15) is 36.1 Å². The molecule has 5 rings (SSSR count). The summed E-state index contributed by atoms with van der Waals surface area (Å²) in [7, 11) is 0. The highest BCUT2D eigenvalue weighted by molar-refractivity contribution is 5.93. The van der Waals surface area contributed by atoms with Gasteiger partial charge >= 0.3 is 0 Å². The largest absolute Gasteiger partial charge is 0.489 e. The Balaban J connectivity index is 1.35. The molecule has 2 heterocycles. The Morgan fingerprint density at radius 3 is 2.64 bits per heavy atom. The van der Waals surface area contributed by atoms with E-state index in [4.69, 9.17) is 9.15 Å². The molecule has 0 saturated heterocycles. The molecule has 33 heavy (non-hydrogen) atoms. The molecule has 0 bridgehead atoms. The first-order valence-corrected chi connectivity index (χ1v) is 10.2. The zero-order valence-corrected chi connectivity index (χ0v) is 17.4. The number of fused-ring (bicyclic) bond motifs is 1. The topological polar surface area (TPSA) is 77.2 Å². The van der Waals surface area contributed by atoms with Crippen LogP contribution in [0.25, 0.3) is 22.2 Å². The third kappa shape index (κ3) is 4.57. The Morgan fingerprint density at radius 2 is 1.85 bits per heavy atom. The Hall–Kier alpha value is -4.52. The summed E-state index contributed by atoms with van der Waals surface area (Å²) in [5, 5.41) is 4.12. The van der Waals surface area contributed by atoms with Crippen LogP contribution in [-0.2, 0) is 6.61 Å². The van der Waals surface area contributed by atoms with E-state index in [1.807, 2.05) is 48.5 Å². The van der Waals surface area contributed by atoms with E-state index in [-0.39, 0.29) is 18.2 Å². The maximum atomic E-state index is 13.3. The van der Waals surface area contributed by atoms with Gasteiger partial charge in [-0.3, -0.25) is 4.79 Å². The lowest BCUT2D eigenvalue weighted by Gasteiger charge is -2.11. The number of carbonyl (C=O) groups excluding carboxylic acids is 1. The Bertz CT molecular complexity index is 1430. The van der Waals surface area contributed by atoms with Gasteiger partial charge in [0.25, 0.3) is 0 Å². The summed E-state index contributed by atoms with van der Waals surface area (Å²) in [4.78, 5) is 19.6. The van der Waals surface area contributed by atoms with Gasteiger partial charge in [0.05, 0.1) is 5.52 Å². The van der Waals surface area contributed by atoms with Crippen LogP contribution in [0.2, 0.25) is 0 Å². The van der Waals surface area contributed by atoms with Gasteiger partial charge < -0.3 is 14.5 Å². The van der Waals surface area contributed by atoms with Gasteiger partial charge in [0, 0.05) is 16.6 Å². The van der Waals surface area contributed by atoms with Gasteiger partial charge in [0.2, 0.25) is 0 Å². The molecule has 6 nitrogen and oxygen atoms in total. The molecule has 3 aromatic carbocycles. The Kier molecular flexibility index (Phi) is 5.51. The molecule has 0 fully saturated rings. The molecule has 7 heteroatoms. The first kappa shape index (κ1) is 20.4. The van der Waals surface area contributed by atoms with E-state index in [1.54, 1.807) is 18.2 Å². The molecule has 0 aliphatic rings. The number of aldehydes is 1. The highest BCUT2D eigenvalue weighted by Gasteiger charge is 2.10. The lowest BCUT2D eigenvalue weighted by atomic mass is 10.1. The van der Waals surface area contributed by atoms with Gasteiger partial charge in [-0.15, -0.1) is 0 Å². The first-order valence-electron chi connectivity index (χ1n) is 10.2. The minimum atomic E-state index is -0.285.